The predicted molar refractivity (Wildman–Crippen MR) is 112 cm³/mol. The van der Waals surface area contributed by atoms with E-state index in [0.717, 1.165) is 16.9 Å². The first-order valence-electron chi connectivity index (χ1n) is 9.33. The molecule has 1 unspecified atom stereocenters. The van der Waals surface area contributed by atoms with Gasteiger partial charge in [-0.15, -0.1) is 0 Å². The van der Waals surface area contributed by atoms with E-state index in [9.17, 15) is 4.79 Å². The second-order valence-electron chi connectivity index (χ2n) is 6.79. The van der Waals surface area contributed by atoms with E-state index in [0.29, 0.717) is 29.6 Å². The fraction of sp³-hybridized carbons (Fsp3) is 0.261. The third-order valence-electron chi connectivity index (χ3n) is 4.56. The van der Waals surface area contributed by atoms with Gasteiger partial charge in [0.05, 0.1) is 19.9 Å². The molecule has 0 bridgehead atoms. The van der Waals surface area contributed by atoms with Crippen molar-refractivity contribution in [2.45, 2.75) is 33.0 Å². The van der Waals surface area contributed by atoms with Crippen LogP contribution in [0.3, 0.4) is 0 Å². The van der Waals surface area contributed by atoms with Gasteiger partial charge in [0.1, 0.15) is 17.3 Å². The zero-order valence-electron chi connectivity index (χ0n) is 16.7. The molecule has 5 nitrogen and oxygen atoms in total. The van der Waals surface area contributed by atoms with Crippen molar-refractivity contribution in [3.63, 3.8) is 0 Å². The van der Waals surface area contributed by atoms with Crippen molar-refractivity contribution in [1.29, 1.82) is 0 Å². The third-order valence-corrected chi connectivity index (χ3v) is 4.99. The smallest absolute Gasteiger partial charge is 0.264 e. The second-order valence-corrected chi connectivity index (χ2v) is 7.20. The average molecular weight is 414 g/mol. The number of furan rings is 1. The Morgan fingerprint density at radius 2 is 1.83 bits per heavy atom. The van der Waals surface area contributed by atoms with Gasteiger partial charge in [0, 0.05) is 11.6 Å². The first kappa shape index (κ1) is 20.8. The summed E-state index contributed by atoms with van der Waals surface area (Å²) in [4.78, 5) is 14.9. The van der Waals surface area contributed by atoms with Gasteiger partial charge in [0.2, 0.25) is 0 Å². The maximum absolute atomic E-state index is 13.2. The summed E-state index contributed by atoms with van der Waals surface area (Å²) in [6, 6.07) is 16.6. The summed E-state index contributed by atoms with van der Waals surface area (Å²) in [6.07, 6.45) is 0.936. The Labute approximate surface area is 175 Å². The third kappa shape index (κ3) is 5.55. The molecular weight excluding hydrogens is 390 g/mol. The monoisotopic (exact) mass is 413 g/mol. The number of amides is 1. The van der Waals surface area contributed by atoms with Crippen LogP contribution in [0.1, 0.15) is 23.8 Å². The fourth-order valence-electron chi connectivity index (χ4n) is 2.96. The SMILES string of the molecule is COc1ccc(CN(Cc2ccco2)C(=O)C(C)Oc2ccc(Cl)c(C)c2)cc1. The topological polar surface area (TPSA) is 51.9 Å². The lowest BCUT2D eigenvalue weighted by Gasteiger charge is -2.26. The molecule has 0 saturated heterocycles. The van der Waals surface area contributed by atoms with E-state index in [2.05, 4.69) is 0 Å². The van der Waals surface area contributed by atoms with Gasteiger partial charge in [-0.05, 0) is 67.4 Å². The summed E-state index contributed by atoms with van der Waals surface area (Å²) in [5, 5.41) is 0.662. The van der Waals surface area contributed by atoms with Gasteiger partial charge in [-0.3, -0.25) is 4.79 Å². The van der Waals surface area contributed by atoms with Crippen LogP contribution < -0.4 is 9.47 Å². The van der Waals surface area contributed by atoms with E-state index >= 15 is 0 Å². The Hall–Kier alpha value is -2.92. The van der Waals surface area contributed by atoms with E-state index in [-0.39, 0.29) is 5.91 Å². The molecule has 1 heterocycles. The summed E-state index contributed by atoms with van der Waals surface area (Å²) in [5.74, 6) is 1.95. The average Bonchev–Trinajstić information content (AvgIpc) is 3.23. The van der Waals surface area contributed by atoms with Crippen LogP contribution in [0, 0.1) is 6.92 Å². The minimum Gasteiger partial charge on any atom is -0.497 e. The number of hydrogen-bond acceptors (Lipinski definition) is 4. The Kier molecular flexibility index (Phi) is 6.83. The summed E-state index contributed by atoms with van der Waals surface area (Å²) >= 11 is 6.07. The second kappa shape index (κ2) is 9.52. The summed E-state index contributed by atoms with van der Waals surface area (Å²) in [5.41, 5.74) is 1.88. The summed E-state index contributed by atoms with van der Waals surface area (Å²) in [6.45, 7) is 4.42. The Balaban J connectivity index is 1.75. The number of hydrogen-bond donors (Lipinski definition) is 0. The van der Waals surface area contributed by atoms with Gasteiger partial charge >= 0.3 is 0 Å². The zero-order valence-corrected chi connectivity index (χ0v) is 17.5. The lowest BCUT2D eigenvalue weighted by atomic mass is 10.2. The molecule has 29 heavy (non-hydrogen) atoms. The Bertz CT molecular complexity index is 938. The molecule has 0 aliphatic heterocycles. The highest BCUT2D eigenvalue weighted by Crippen LogP contribution is 2.23. The standard InChI is InChI=1S/C23H24ClNO4/c1-16-13-20(10-11-22(16)24)29-17(2)23(26)25(15-21-5-4-12-28-21)14-18-6-8-19(27-3)9-7-18/h4-13,17H,14-15H2,1-3H3. The van der Waals surface area contributed by atoms with Crippen molar-refractivity contribution in [1.82, 2.24) is 4.90 Å². The number of carbonyl (C=O) groups is 1. The van der Waals surface area contributed by atoms with Crippen molar-refractivity contribution >= 4 is 17.5 Å². The van der Waals surface area contributed by atoms with Crippen molar-refractivity contribution < 1.29 is 18.7 Å². The Morgan fingerprint density at radius 3 is 2.45 bits per heavy atom. The molecule has 152 valence electrons. The number of benzene rings is 2. The van der Waals surface area contributed by atoms with Crippen LogP contribution in [-0.2, 0) is 17.9 Å². The van der Waals surface area contributed by atoms with Gasteiger partial charge in [0.15, 0.2) is 6.10 Å². The lowest BCUT2D eigenvalue weighted by molar-refractivity contribution is -0.139. The minimum atomic E-state index is -0.663. The van der Waals surface area contributed by atoms with Crippen LogP contribution in [0.4, 0.5) is 0 Å². The molecule has 0 aliphatic rings. The van der Waals surface area contributed by atoms with Gasteiger partial charge < -0.3 is 18.8 Å². The van der Waals surface area contributed by atoms with Gasteiger partial charge in [-0.25, -0.2) is 0 Å². The molecule has 3 aromatic rings. The van der Waals surface area contributed by atoms with Crippen molar-refractivity contribution in [2.24, 2.45) is 0 Å². The van der Waals surface area contributed by atoms with Crippen LogP contribution >= 0.6 is 11.6 Å². The van der Waals surface area contributed by atoms with Gasteiger partial charge in [-0.1, -0.05) is 23.7 Å². The van der Waals surface area contributed by atoms with E-state index in [1.165, 1.54) is 0 Å². The summed E-state index contributed by atoms with van der Waals surface area (Å²) in [7, 11) is 1.62. The first-order valence-corrected chi connectivity index (χ1v) is 9.71. The van der Waals surface area contributed by atoms with E-state index < -0.39 is 6.10 Å². The molecule has 6 heteroatoms. The Morgan fingerprint density at radius 1 is 1.10 bits per heavy atom. The minimum absolute atomic E-state index is 0.134. The quantitative estimate of drug-likeness (QED) is 0.506. The lowest BCUT2D eigenvalue weighted by Crippen LogP contribution is -2.39. The van der Waals surface area contributed by atoms with E-state index in [1.807, 2.05) is 49.4 Å². The van der Waals surface area contributed by atoms with E-state index in [4.69, 9.17) is 25.5 Å². The number of halogens is 1. The number of carbonyl (C=O) groups excluding carboxylic acids is 1. The van der Waals surface area contributed by atoms with Gasteiger partial charge in [0.25, 0.3) is 5.91 Å². The van der Waals surface area contributed by atoms with Crippen molar-refractivity contribution in [3.05, 3.63) is 82.8 Å². The zero-order chi connectivity index (χ0) is 20.8. The number of rotatable bonds is 8. The van der Waals surface area contributed by atoms with E-state index in [1.54, 1.807) is 37.3 Å². The van der Waals surface area contributed by atoms with Crippen molar-refractivity contribution in [2.75, 3.05) is 7.11 Å². The predicted octanol–water partition coefficient (Wildman–Crippen LogP) is 5.25. The molecule has 2 aromatic carbocycles. The number of nitrogens with zero attached hydrogens (tertiary/aromatic N) is 1. The molecule has 3 rings (SSSR count). The highest BCUT2D eigenvalue weighted by molar-refractivity contribution is 6.31. The summed E-state index contributed by atoms with van der Waals surface area (Å²) < 4.78 is 16.5. The first-order chi connectivity index (χ1) is 14.0. The molecule has 1 aromatic heterocycles. The van der Waals surface area contributed by atoms with Crippen LogP contribution in [0.2, 0.25) is 5.02 Å². The highest BCUT2D eigenvalue weighted by Gasteiger charge is 2.23. The van der Waals surface area contributed by atoms with Crippen LogP contribution in [0.15, 0.2) is 65.3 Å². The molecule has 1 atom stereocenters. The molecular formula is C23H24ClNO4. The van der Waals surface area contributed by atoms with Crippen LogP contribution in [0.25, 0.3) is 0 Å². The fourth-order valence-corrected chi connectivity index (χ4v) is 3.07. The maximum atomic E-state index is 13.2. The highest BCUT2D eigenvalue weighted by atomic mass is 35.5. The molecule has 0 spiro atoms. The number of methoxy groups -OCH3 is 1. The molecule has 0 aliphatic carbocycles. The number of ether oxygens (including phenoxy) is 2. The van der Waals surface area contributed by atoms with Crippen LogP contribution in [-0.4, -0.2) is 24.0 Å². The normalized spacial score (nSPS) is 11.7. The molecule has 1 amide bonds. The van der Waals surface area contributed by atoms with Crippen molar-refractivity contribution in [3.8, 4) is 11.5 Å². The van der Waals surface area contributed by atoms with Crippen LogP contribution in [0.5, 0.6) is 11.5 Å². The maximum Gasteiger partial charge on any atom is 0.264 e. The molecule has 0 fully saturated rings. The number of aryl methyl sites for hydroxylation is 1. The molecule has 0 radical (unpaired) electrons. The largest absolute Gasteiger partial charge is 0.497 e. The molecule has 0 N–H and O–H groups in total. The molecule has 0 saturated carbocycles. The van der Waals surface area contributed by atoms with Gasteiger partial charge in [-0.2, -0.15) is 0 Å².